The number of hydrogen-bond donors (Lipinski definition) is 0. The van der Waals surface area contributed by atoms with E-state index in [1.54, 1.807) is 7.11 Å². The van der Waals surface area contributed by atoms with Crippen molar-refractivity contribution in [3.63, 3.8) is 0 Å². The lowest BCUT2D eigenvalue weighted by Crippen LogP contribution is -2.10. The van der Waals surface area contributed by atoms with Crippen molar-refractivity contribution in [1.29, 1.82) is 0 Å². The highest BCUT2D eigenvalue weighted by Gasteiger charge is 2.35. The van der Waals surface area contributed by atoms with Crippen LogP contribution in [0.2, 0.25) is 0 Å². The minimum atomic E-state index is -0.289. The van der Waals surface area contributed by atoms with Gasteiger partial charge in [0.2, 0.25) is 0 Å². The number of hydrogen-bond acceptors (Lipinski definition) is 3. The van der Waals surface area contributed by atoms with Gasteiger partial charge in [0.15, 0.2) is 0 Å². The highest BCUT2D eigenvalue weighted by atomic mass is 79.9. The van der Waals surface area contributed by atoms with E-state index in [2.05, 4.69) is 15.9 Å². The molecule has 1 aliphatic carbocycles. The van der Waals surface area contributed by atoms with Crippen LogP contribution >= 0.6 is 15.9 Å². The zero-order valence-corrected chi connectivity index (χ0v) is 14.6. The van der Waals surface area contributed by atoms with Gasteiger partial charge < -0.3 is 9.47 Å². The molecule has 0 radical (unpaired) electrons. The van der Waals surface area contributed by atoms with E-state index in [1.807, 2.05) is 55.5 Å². The molecule has 0 heterocycles. The molecule has 4 heteroatoms. The maximum atomic E-state index is 12.5. The molecule has 23 heavy (non-hydrogen) atoms. The third-order valence-electron chi connectivity index (χ3n) is 3.88. The number of esters is 1. The lowest BCUT2D eigenvalue weighted by atomic mass is 9.97. The third kappa shape index (κ3) is 2.79. The minimum absolute atomic E-state index is 0.207. The summed E-state index contributed by atoms with van der Waals surface area (Å²) in [4.78, 5) is 12.3. The average molecular weight is 373 g/mol. The summed E-state index contributed by atoms with van der Waals surface area (Å²) in [5.74, 6) is 0.481. The largest absolute Gasteiger partial charge is 0.497 e. The standard InChI is InChI=1S/C19H17BrO3/c1-3-23-19(21)17-16(12-7-5-4-6-8-12)14-10-9-13(22-2)11-15(14)18(17)20/h4-11,18H,3H2,1-2H3. The van der Waals surface area contributed by atoms with Crippen LogP contribution in [0.25, 0.3) is 5.57 Å². The second-order valence-electron chi connectivity index (χ2n) is 5.19. The molecule has 2 aromatic rings. The number of carbonyl (C=O) groups is 1. The normalized spacial score (nSPS) is 16.2. The average Bonchev–Trinajstić information content (AvgIpc) is 2.88. The summed E-state index contributed by atoms with van der Waals surface area (Å²) in [5, 5.41) is 0. The van der Waals surface area contributed by atoms with E-state index in [0.29, 0.717) is 12.2 Å². The van der Waals surface area contributed by atoms with Crippen molar-refractivity contribution in [3.8, 4) is 5.75 Å². The van der Waals surface area contributed by atoms with Gasteiger partial charge in [0.25, 0.3) is 0 Å². The van der Waals surface area contributed by atoms with E-state index in [4.69, 9.17) is 9.47 Å². The summed E-state index contributed by atoms with van der Waals surface area (Å²) in [6.45, 7) is 2.17. The van der Waals surface area contributed by atoms with Crippen LogP contribution in [0.4, 0.5) is 0 Å². The second kappa shape index (κ2) is 6.59. The predicted octanol–water partition coefficient (Wildman–Crippen LogP) is 4.51. The van der Waals surface area contributed by atoms with Crippen molar-refractivity contribution in [1.82, 2.24) is 0 Å². The lowest BCUT2D eigenvalue weighted by molar-refractivity contribution is -0.138. The van der Waals surface area contributed by atoms with Crippen LogP contribution in [0.3, 0.4) is 0 Å². The molecule has 118 valence electrons. The van der Waals surface area contributed by atoms with E-state index in [9.17, 15) is 4.79 Å². The summed E-state index contributed by atoms with van der Waals surface area (Å²) in [6.07, 6.45) is 0. The molecule has 0 bridgehead atoms. The molecule has 0 aliphatic heterocycles. The summed E-state index contributed by atoms with van der Waals surface area (Å²) in [7, 11) is 1.64. The Morgan fingerprint density at radius 2 is 1.91 bits per heavy atom. The molecule has 0 N–H and O–H groups in total. The number of halogens is 1. The van der Waals surface area contributed by atoms with Gasteiger partial charge >= 0.3 is 5.97 Å². The van der Waals surface area contributed by atoms with Crippen LogP contribution in [0.15, 0.2) is 54.1 Å². The highest BCUT2D eigenvalue weighted by Crippen LogP contribution is 2.49. The van der Waals surface area contributed by atoms with Crippen molar-refractivity contribution >= 4 is 27.5 Å². The summed E-state index contributed by atoms with van der Waals surface area (Å²) < 4.78 is 10.6. The maximum Gasteiger partial charge on any atom is 0.336 e. The fraction of sp³-hybridized carbons (Fsp3) is 0.211. The minimum Gasteiger partial charge on any atom is -0.497 e. The van der Waals surface area contributed by atoms with E-state index in [0.717, 1.165) is 28.0 Å². The molecule has 2 aromatic carbocycles. The molecule has 1 atom stereocenters. The van der Waals surface area contributed by atoms with Crippen LogP contribution in [0, 0.1) is 0 Å². The molecule has 0 saturated carbocycles. The van der Waals surface area contributed by atoms with Crippen molar-refractivity contribution in [2.24, 2.45) is 0 Å². The Morgan fingerprint density at radius 3 is 2.57 bits per heavy atom. The monoisotopic (exact) mass is 372 g/mol. The molecule has 3 rings (SSSR count). The first-order chi connectivity index (χ1) is 11.2. The topological polar surface area (TPSA) is 35.5 Å². The molecule has 0 spiro atoms. The fourth-order valence-corrected chi connectivity index (χ4v) is 3.66. The van der Waals surface area contributed by atoms with Crippen LogP contribution in [-0.2, 0) is 9.53 Å². The fourth-order valence-electron chi connectivity index (χ4n) is 2.86. The Balaban J connectivity index is 2.21. The number of benzene rings is 2. The van der Waals surface area contributed by atoms with Crippen LogP contribution in [0.1, 0.15) is 28.4 Å². The Morgan fingerprint density at radius 1 is 1.17 bits per heavy atom. The van der Waals surface area contributed by atoms with Crippen molar-refractivity contribution < 1.29 is 14.3 Å². The van der Waals surface area contributed by atoms with Crippen LogP contribution in [0.5, 0.6) is 5.75 Å². The quantitative estimate of drug-likeness (QED) is 0.584. The number of methoxy groups -OCH3 is 1. The zero-order valence-electron chi connectivity index (χ0n) is 13.0. The zero-order chi connectivity index (χ0) is 16.4. The molecular weight excluding hydrogens is 356 g/mol. The number of ether oxygens (including phenoxy) is 2. The first-order valence-electron chi connectivity index (χ1n) is 7.46. The maximum absolute atomic E-state index is 12.5. The third-order valence-corrected chi connectivity index (χ3v) is 4.83. The second-order valence-corrected chi connectivity index (χ2v) is 6.11. The molecule has 0 saturated heterocycles. The van der Waals surface area contributed by atoms with Gasteiger partial charge in [-0.05, 0) is 35.7 Å². The van der Waals surface area contributed by atoms with Gasteiger partial charge in [-0.2, -0.15) is 0 Å². The van der Waals surface area contributed by atoms with Gasteiger partial charge in [0, 0.05) is 5.57 Å². The Bertz CT molecular complexity index is 765. The number of fused-ring (bicyclic) bond motifs is 1. The summed E-state index contributed by atoms with van der Waals surface area (Å²) >= 11 is 3.66. The van der Waals surface area contributed by atoms with Gasteiger partial charge in [0.1, 0.15) is 5.75 Å². The van der Waals surface area contributed by atoms with Crippen LogP contribution < -0.4 is 4.74 Å². The van der Waals surface area contributed by atoms with Crippen LogP contribution in [-0.4, -0.2) is 19.7 Å². The first kappa shape index (κ1) is 15.8. The van der Waals surface area contributed by atoms with Crippen molar-refractivity contribution in [3.05, 3.63) is 70.8 Å². The number of rotatable bonds is 4. The van der Waals surface area contributed by atoms with E-state index in [-0.39, 0.29) is 10.8 Å². The van der Waals surface area contributed by atoms with Gasteiger partial charge in [-0.25, -0.2) is 4.79 Å². The highest BCUT2D eigenvalue weighted by molar-refractivity contribution is 9.09. The molecule has 0 fully saturated rings. The van der Waals surface area contributed by atoms with E-state index < -0.39 is 0 Å². The van der Waals surface area contributed by atoms with Gasteiger partial charge in [-0.1, -0.05) is 52.3 Å². The lowest BCUT2D eigenvalue weighted by Gasteiger charge is -2.10. The SMILES string of the molecule is CCOC(=O)C1=C(c2ccccc2)c2ccc(OC)cc2C1Br. The van der Waals surface area contributed by atoms with Crippen molar-refractivity contribution in [2.45, 2.75) is 11.8 Å². The smallest absolute Gasteiger partial charge is 0.336 e. The molecular formula is C19H17BrO3. The Hall–Kier alpha value is -2.07. The molecule has 0 aromatic heterocycles. The molecule has 1 unspecified atom stereocenters. The number of carbonyl (C=O) groups excluding carboxylic acids is 1. The van der Waals surface area contributed by atoms with Gasteiger partial charge in [-0.15, -0.1) is 0 Å². The van der Waals surface area contributed by atoms with E-state index in [1.165, 1.54) is 0 Å². The molecule has 3 nitrogen and oxygen atoms in total. The summed E-state index contributed by atoms with van der Waals surface area (Å²) in [6, 6.07) is 15.8. The predicted molar refractivity (Wildman–Crippen MR) is 93.8 cm³/mol. The van der Waals surface area contributed by atoms with Crippen molar-refractivity contribution in [2.75, 3.05) is 13.7 Å². The molecule has 1 aliphatic rings. The van der Waals surface area contributed by atoms with E-state index >= 15 is 0 Å². The Kier molecular flexibility index (Phi) is 4.53. The number of alkyl halides is 1. The van der Waals surface area contributed by atoms with Gasteiger partial charge in [0.05, 0.1) is 24.1 Å². The first-order valence-corrected chi connectivity index (χ1v) is 8.38. The van der Waals surface area contributed by atoms with Gasteiger partial charge in [-0.3, -0.25) is 0 Å². The molecule has 0 amide bonds. The summed E-state index contributed by atoms with van der Waals surface area (Å²) in [5.41, 5.74) is 4.61. The Labute approximate surface area is 144 Å².